The molecule has 1 aliphatic heterocycles. The summed E-state index contributed by atoms with van der Waals surface area (Å²) in [6.07, 6.45) is 0. The zero-order valence-electron chi connectivity index (χ0n) is 18.3. The fourth-order valence-corrected chi connectivity index (χ4v) is 3.76. The van der Waals surface area contributed by atoms with Crippen molar-refractivity contribution in [3.8, 4) is 0 Å². The predicted molar refractivity (Wildman–Crippen MR) is 126 cm³/mol. The number of halogens is 1. The summed E-state index contributed by atoms with van der Waals surface area (Å²) in [5.41, 5.74) is 1.58. The Morgan fingerprint density at radius 3 is 2.48 bits per heavy atom. The number of amides is 2. The first kappa shape index (κ1) is 24.5. The Morgan fingerprint density at radius 1 is 1.06 bits per heavy atom. The molecule has 3 N–H and O–H groups in total. The maximum absolute atomic E-state index is 12.8. The lowest BCUT2D eigenvalue weighted by atomic mass is 10.1. The van der Waals surface area contributed by atoms with Crippen molar-refractivity contribution in [3.05, 3.63) is 58.6 Å². The third kappa shape index (κ3) is 6.92. The van der Waals surface area contributed by atoms with Crippen LogP contribution in [0.3, 0.4) is 0 Å². The molecule has 1 fully saturated rings. The van der Waals surface area contributed by atoms with Gasteiger partial charge in [-0.05, 0) is 36.4 Å². The fourth-order valence-electron chi connectivity index (χ4n) is 3.57. The molecule has 0 bridgehead atoms. The molecule has 0 saturated carbocycles. The monoisotopic (exact) mass is 474 g/mol. The Kier molecular flexibility index (Phi) is 8.65. The van der Waals surface area contributed by atoms with Gasteiger partial charge >= 0.3 is 5.97 Å². The van der Waals surface area contributed by atoms with Crippen LogP contribution in [0.4, 0.5) is 11.4 Å². The van der Waals surface area contributed by atoms with E-state index in [9.17, 15) is 19.5 Å². The van der Waals surface area contributed by atoms with Crippen molar-refractivity contribution in [2.75, 3.05) is 63.2 Å². The number of hydrogen-bond donors (Lipinski definition) is 3. The largest absolute Gasteiger partial charge is 0.478 e. The van der Waals surface area contributed by atoms with Crippen LogP contribution in [0.1, 0.15) is 20.7 Å². The molecule has 0 spiro atoms. The van der Waals surface area contributed by atoms with E-state index in [1.807, 2.05) is 0 Å². The van der Waals surface area contributed by atoms with Crippen LogP contribution in [0, 0.1) is 0 Å². The molecule has 2 aromatic carbocycles. The van der Waals surface area contributed by atoms with Crippen molar-refractivity contribution in [2.45, 2.75) is 0 Å². The molecular formula is C23H27ClN4O5. The van der Waals surface area contributed by atoms with Crippen LogP contribution in [0.25, 0.3) is 0 Å². The smallest absolute Gasteiger partial charge is 0.335 e. The lowest BCUT2D eigenvalue weighted by Gasteiger charge is -2.36. The number of ether oxygens (including phenoxy) is 1. The normalized spacial score (nSPS) is 14.1. The number of carboxylic acids is 1. The van der Waals surface area contributed by atoms with Crippen molar-refractivity contribution in [3.63, 3.8) is 0 Å². The summed E-state index contributed by atoms with van der Waals surface area (Å²) >= 11 is 5.99. The number of carbonyl (C=O) groups excluding carboxylic acids is 2. The van der Waals surface area contributed by atoms with E-state index in [-0.39, 0.29) is 17.4 Å². The number of anilines is 2. The average molecular weight is 475 g/mol. The number of nitrogens with one attached hydrogen (secondary N) is 2. The third-order valence-corrected chi connectivity index (χ3v) is 5.52. The standard InChI is InChI=1S/C23H27ClN4O5/c1-33-12-7-25-21(29)15-27-8-10-28(11-9-27)20-6-5-17(23(31)32)14-19(20)26-22(30)16-3-2-4-18(24)13-16/h2-6,13-14H,7-12,15H2,1H3,(H,25,29)(H,26,30)(H,31,32). The molecule has 0 aliphatic carbocycles. The van der Waals surface area contributed by atoms with Crippen molar-refractivity contribution in [2.24, 2.45) is 0 Å². The number of carboxylic acid groups (broad SMARTS) is 1. The number of methoxy groups -OCH3 is 1. The number of nitrogens with zero attached hydrogens (tertiary/aromatic N) is 2. The summed E-state index contributed by atoms with van der Waals surface area (Å²) < 4.78 is 4.93. The predicted octanol–water partition coefficient (Wildman–Crippen LogP) is 2.18. The Morgan fingerprint density at radius 2 is 1.82 bits per heavy atom. The van der Waals surface area contributed by atoms with E-state index in [2.05, 4.69) is 20.4 Å². The number of benzene rings is 2. The zero-order valence-corrected chi connectivity index (χ0v) is 19.1. The van der Waals surface area contributed by atoms with E-state index in [0.717, 1.165) is 5.69 Å². The van der Waals surface area contributed by atoms with Gasteiger partial charge in [0.1, 0.15) is 0 Å². The summed E-state index contributed by atoms with van der Waals surface area (Å²) in [7, 11) is 1.58. The molecule has 2 amide bonds. The van der Waals surface area contributed by atoms with Gasteiger partial charge in [-0.3, -0.25) is 14.5 Å². The summed E-state index contributed by atoms with van der Waals surface area (Å²) in [6, 6.07) is 11.2. The Labute approximate surface area is 197 Å². The molecule has 0 aromatic heterocycles. The molecule has 9 nitrogen and oxygen atoms in total. The van der Waals surface area contributed by atoms with Gasteiger partial charge in [-0.15, -0.1) is 0 Å². The van der Waals surface area contributed by atoms with E-state index in [0.29, 0.717) is 62.1 Å². The second-order valence-electron chi connectivity index (χ2n) is 7.61. The molecule has 0 unspecified atom stereocenters. The molecule has 0 atom stereocenters. The van der Waals surface area contributed by atoms with Gasteiger partial charge < -0.3 is 25.4 Å². The highest BCUT2D eigenvalue weighted by Gasteiger charge is 2.22. The van der Waals surface area contributed by atoms with Crippen LogP contribution in [-0.4, -0.2) is 80.8 Å². The van der Waals surface area contributed by atoms with Gasteiger partial charge in [0.25, 0.3) is 5.91 Å². The molecule has 176 valence electrons. The lowest BCUT2D eigenvalue weighted by Crippen LogP contribution is -2.50. The van der Waals surface area contributed by atoms with Gasteiger partial charge in [0.2, 0.25) is 5.91 Å². The van der Waals surface area contributed by atoms with E-state index < -0.39 is 5.97 Å². The summed E-state index contributed by atoms with van der Waals surface area (Å²) in [6.45, 7) is 3.79. The minimum atomic E-state index is -1.08. The summed E-state index contributed by atoms with van der Waals surface area (Å²) in [5.74, 6) is -1.52. The Balaban J connectivity index is 1.69. The number of rotatable bonds is 9. The summed E-state index contributed by atoms with van der Waals surface area (Å²) in [5, 5.41) is 15.5. The molecule has 10 heteroatoms. The van der Waals surface area contributed by atoms with Gasteiger partial charge in [-0.1, -0.05) is 17.7 Å². The summed E-state index contributed by atoms with van der Waals surface area (Å²) in [4.78, 5) is 40.4. The number of piperazine rings is 1. The maximum Gasteiger partial charge on any atom is 0.335 e. The van der Waals surface area contributed by atoms with E-state index in [1.54, 1.807) is 37.4 Å². The van der Waals surface area contributed by atoms with Crippen molar-refractivity contribution >= 4 is 40.8 Å². The first-order valence-corrected chi connectivity index (χ1v) is 10.9. The highest BCUT2D eigenvalue weighted by molar-refractivity contribution is 6.31. The molecule has 33 heavy (non-hydrogen) atoms. The Hall–Kier alpha value is -3.14. The van der Waals surface area contributed by atoms with E-state index in [4.69, 9.17) is 16.3 Å². The second kappa shape index (κ2) is 11.6. The van der Waals surface area contributed by atoms with E-state index >= 15 is 0 Å². The quantitative estimate of drug-likeness (QED) is 0.477. The fraction of sp³-hybridized carbons (Fsp3) is 0.348. The van der Waals surface area contributed by atoms with Crippen molar-refractivity contribution in [1.82, 2.24) is 10.2 Å². The van der Waals surface area contributed by atoms with Crippen molar-refractivity contribution in [1.29, 1.82) is 0 Å². The van der Waals surface area contributed by atoms with Crippen LogP contribution >= 0.6 is 11.6 Å². The van der Waals surface area contributed by atoms with Crippen LogP contribution in [0.15, 0.2) is 42.5 Å². The van der Waals surface area contributed by atoms with Gasteiger partial charge in [0, 0.05) is 50.4 Å². The molecule has 0 radical (unpaired) electrons. The van der Waals surface area contributed by atoms with Crippen LogP contribution < -0.4 is 15.5 Å². The number of carbonyl (C=O) groups is 3. The number of hydrogen-bond acceptors (Lipinski definition) is 6. The SMILES string of the molecule is COCCNC(=O)CN1CCN(c2ccc(C(=O)O)cc2NC(=O)c2cccc(Cl)c2)CC1. The van der Waals surface area contributed by atoms with Gasteiger partial charge in [-0.2, -0.15) is 0 Å². The van der Waals surface area contributed by atoms with Crippen molar-refractivity contribution < 1.29 is 24.2 Å². The van der Waals surface area contributed by atoms with Crippen LogP contribution in [-0.2, 0) is 9.53 Å². The van der Waals surface area contributed by atoms with Gasteiger partial charge in [0.05, 0.1) is 30.1 Å². The average Bonchev–Trinajstić information content (AvgIpc) is 2.80. The minimum Gasteiger partial charge on any atom is -0.478 e. The van der Waals surface area contributed by atoms with E-state index in [1.165, 1.54) is 12.1 Å². The molecule has 2 aromatic rings. The first-order valence-electron chi connectivity index (χ1n) is 10.5. The minimum absolute atomic E-state index is 0.0548. The maximum atomic E-state index is 12.8. The zero-order chi connectivity index (χ0) is 23.8. The molecular weight excluding hydrogens is 448 g/mol. The lowest BCUT2D eigenvalue weighted by molar-refractivity contribution is -0.122. The van der Waals surface area contributed by atoms with Crippen LogP contribution in [0.5, 0.6) is 0 Å². The molecule has 1 aliphatic rings. The first-order chi connectivity index (χ1) is 15.9. The van der Waals surface area contributed by atoms with Gasteiger partial charge in [-0.25, -0.2) is 4.79 Å². The molecule has 1 heterocycles. The Bertz CT molecular complexity index is 1010. The highest BCUT2D eigenvalue weighted by atomic mass is 35.5. The third-order valence-electron chi connectivity index (χ3n) is 5.29. The second-order valence-corrected chi connectivity index (χ2v) is 8.04. The number of aromatic carboxylic acids is 1. The highest BCUT2D eigenvalue weighted by Crippen LogP contribution is 2.29. The molecule has 1 saturated heterocycles. The van der Waals surface area contributed by atoms with Gasteiger partial charge in [0.15, 0.2) is 0 Å². The van der Waals surface area contributed by atoms with Crippen LogP contribution in [0.2, 0.25) is 5.02 Å². The molecule has 3 rings (SSSR count). The topological polar surface area (TPSA) is 111 Å².